The van der Waals surface area contributed by atoms with E-state index in [1.54, 1.807) is 18.2 Å². The summed E-state index contributed by atoms with van der Waals surface area (Å²) in [7, 11) is -3.83. The summed E-state index contributed by atoms with van der Waals surface area (Å²) in [6, 6.07) is 10.7. The van der Waals surface area contributed by atoms with E-state index in [1.165, 1.54) is 30.5 Å². The van der Waals surface area contributed by atoms with Crippen molar-refractivity contribution in [1.82, 2.24) is 9.71 Å². The number of rotatable bonds is 4. The number of nitrogens with zero attached hydrogens (tertiary/aromatic N) is 2. The number of nitriles is 1. The van der Waals surface area contributed by atoms with Gasteiger partial charge in [-0.3, -0.25) is 0 Å². The van der Waals surface area contributed by atoms with Gasteiger partial charge in [-0.15, -0.1) is 0 Å². The molecule has 0 aliphatic carbocycles. The fourth-order valence-corrected chi connectivity index (χ4v) is 2.74. The molecule has 0 radical (unpaired) electrons. The van der Waals surface area contributed by atoms with Crippen LogP contribution in [0.15, 0.2) is 47.5 Å². The number of aromatic nitrogens is 1. The first-order valence-electron chi connectivity index (χ1n) is 5.65. The number of benzene rings is 1. The normalized spacial score (nSPS) is 10.9. The van der Waals surface area contributed by atoms with Gasteiger partial charge in [-0.25, -0.2) is 18.1 Å². The van der Waals surface area contributed by atoms with Crippen LogP contribution in [0.2, 0.25) is 0 Å². The van der Waals surface area contributed by atoms with Gasteiger partial charge in [0.2, 0.25) is 10.0 Å². The molecule has 0 saturated carbocycles. The average Bonchev–Trinajstić information content (AvgIpc) is 2.45. The van der Waals surface area contributed by atoms with Crippen molar-refractivity contribution < 1.29 is 13.5 Å². The zero-order chi connectivity index (χ0) is 14.6. The minimum atomic E-state index is -3.83. The van der Waals surface area contributed by atoms with E-state index in [2.05, 4.69) is 9.71 Å². The van der Waals surface area contributed by atoms with Crippen LogP contribution in [0.1, 0.15) is 11.3 Å². The lowest BCUT2D eigenvalue weighted by molar-refractivity contribution is 0.474. The van der Waals surface area contributed by atoms with Crippen molar-refractivity contribution in [2.24, 2.45) is 0 Å². The number of phenols is 1. The second-order valence-electron chi connectivity index (χ2n) is 3.96. The Hall–Kier alpha value is -2.43. The van der Waals surface area contributed by atoms with Gasteiger partial charge in [0.15, 0.2) is 5.69 Å². The van der Waals surface area contributed by atoms with E-state index in [9.17, 15) is 13.5 Å². The number of sulfonamides is 1. The van der Waals surface area contributed by atoms with Crippen LogP contribution in [0.4, 0.5) is 0 Å². The second kappa shape index (κ2) is 5.69. The van der Waals surface area contributed by atoms with Crippen molar-refractivity contribution in [3.8, 4) is 11.8 Å². The Labute approximate surface area is 116 Å². The molecule has 0 spiro atoms. The molecule has 0 bridgehead atoms. The van der Waals surface area contributed by atoms with Gasteiger partial charge >= 0.3 is 0 Å². The summed E-state index contributed by atoms with van der Waals surface area (Å²) in [5.41, 5.74) is 0.451. The van der Waals surface area contributed by atoms with E-state index in [1.807, 2.05) is 0 Å². The molecule has 0 atom stereocenters. The molecule has 1 aromatic heterocycles. The van der Waals surface area contributed by atoms with Crippen LogP contribution in [-0.2, 0) is 16.6 Å². The Kier molecular flexibility index (Phi) is 3.98. The molecule has 2 N–H and O–H groups in total. The predicted octanol–water partition coefficient (Wildman–Crippen LogP) is 1.14. The summed E-state index contributed by atoms with van der Waals surface area (Å²) in [6.07, 6.45) is 1.35. The topological polar surface area (TPSA) is 103 Å². The van der Waals surface area contributed by atoms with Gasteiger partial charge in [0, 0.05) is 12.7 Å². The lowest BCUT2D eigenvalue weighted by Gasteiger charge is -2.07. The van der Waals surface area contributed by atoms with Crippen LogP contribution < -0.4 is 4.72 Å². The molecule has 7 heteroatoms. The van der Waals surface area contributed by atoms with E-state index in [-0.39, 0.29) is 22.9 Å². The van der Waals surface area contributed by atoms with Gasteiger partial charge in [-0.1, -0.05) is 12.1 Å². The van der Waals surface area contributed by atoms with Gasteiger partial charge in [-0.05, 0) is 29.8 Å². The molecular weight excluding hydrogens is 278 g/mol. The number of nitrogens with one attached hydrogen (secondary N) is 1. The molecule has 0 saturated heterocycles. The summed E-state index contributed by atoms with van der Waals surface area (Å²) < 4.78 is 26.6. The van der Waals surface area contributed by atoms with Gasteiger partial charge in [0.05, 0.1) is 0 Å². The van der Waals surface area contributed by atoms with Crippen molar-refractivity contribution in [3.05, 3.63) is 53.9 Å². The largest absolute Gasteiger partial charge is 0.508 e. The van der Waals surface area contributed by atoms with Gasteiger partial charge in [-0.2, -0.15) is 5.26 Å². The van der Waals surface area contributed by atoms with Crippen LogP contribution in [0, 0.1) is 11.3 Å². The lowest BCUT2D eigenvalue weighted by Crippen LogP contribution is -2.24. The summed E-state index contributed by atoms with van der Waals surface area (Å²) in [5, 5.41) is 18.2. The minimum absolute atomic E-state index is 0.0104. The Balaban J connectivity index is 2.22. The lowest BCUT2D eigenvalue weighted by atomic mass is 10.2. The van der Waals surface area contributed by atoms with Crippen LogP contribution >= 0.6 is 0 Å². The molecular formula is C13H11N3O3S. The summed E-state index contributed by atoms with van der Waals surface area (Å²) in [4.78, 5) is 3.55. The smallest absolute Gasteiger partial charge is 0.243 e. The van der Waals surface area contributed by atoms with Crippen molar-refractivity contribution in [2.75, 3.05) is 0 Å². The van der Waals surface area contributed by atoms with E-state index >= 15 is 0 Å². The molecule has 2 aromatic rings. The average molecular weight is 289 g/mol. The number of phenolic OH excluding ortho intramolecular Hbond substituents is 1. The van der Waals surface area contributed by atoms with Gasteiger partial charge in [0.25, 0.3) is 0 Å². The van der Waals surface area contributed by atoms with E-state index in [0.29, 0.717) is 5.56 Å². The summed E-state index contributed by atoms with van der Waals surface area (Å²) >= 11 is 0. The third-order valence-corrected chi connectivity index (χ3v) is 3.98. The maximum Gasteiger partial charge on any atom is 0.243 e. The van der Waals surface area contributed by atoms with Crippen molar-refractivity contribution in [2.45, 2.75) is 11.4 Å². The summed E-state index contributed by atoms with van der Waals surface area (Å²) in [6.45, 7) is 0.0104. The first kappa shape index (κ1) is 14.0. The fourth-order valence-electron chi connectivity index (χ4n) is 1.61. The third-order valence-electron chi connectivity index (χ3n) is 2.54. The molecule has 6 nitrogen and oxygen atoms in total. The molecule has 0 fully saturated rings. The zero-order valence-corrected chi connectivity index (χ0v) is 11.1. The number of pyridine rings is 1. The molecule has 20 heavy (non-hydrogen) atoms. The molecule has 0 aliphatic rings. The highest BCUT2D eigenvalue weighted by Gasteiger charge is 2.18. The highest BCUT2D eigenvalue weighted by atomic mass is 32.2. The van der Waals surface area contributed by atoms with E-state index < -0.39 is 10.0 Å². The molecule has 2 rings (SSSR count). The molecule has 0 aliphatic heterocycles. The van der Waals surface area contributed by atoms with E-state index in [0.717, 1.165) is 0 Å². The molecule has 1 aromatic carbocycles. The first-order valence-corrected chi connectivity index (χ1v) is 7.14. The monoisotopic (exact) mass is 289 g/mol. The van der Waals surface area contributed by atoms with Gasteiger partial charge < -0.3 is 5.11 Å². The van der Waals surface area contributed by atoms with Crippen molar-refractivity contribution >= 4 is 10.0 Å². The number of hydrogen-bond donors (Lipinski definition) is 2. The Morgan fingerprint density at radius 3 is 2.80 bits per heavy atom. The van der Waals surface area contributed by atoms with Crippen LogP contribution in [-0.4, -0.2) is 18.5 Å². The molecule has 0 unspecified atom stereocenters. The first-order chi connectivity index (χ1) is 9.53. The SMILES string of the molecule is N#Cc1ncccc1S(=O)(=O)NCc1cccc(O)c1. The van der Waals surface area contributed by atoms with Crippen molar-refractivity contribution in [1.29, 1.82) is 5.26 Å². The van der Waals surface area contributed by atoms with Crippen LogP contribution in [0.25, 0.3) is 0 Å². The maximum absolute atomic E-state index is 12.1. The standard InChI is InChI=1S/C13H11N3O3S/c14-8-12-13(5-2-6-15-12)20(18,19)16-9-10-3-1-4-11(17)7-10/h1-7,16-17H,9H2. The highest BCUT2D eigenvalue weighted by Crippen LogP contribution is 2.14. The van der Waals surface area contributed by atoms with Gasteiger partial charge in [0.1, 0.15) is 16.7 Å². The summed E-state index contributed by atoms with van der Waals surface area (Å²) in [5.74, 6) is 0.0563. The molecule has 0 amide bonds. The second-order valence-corrected chi connectivity index (χ2v) is 5.69. The molecule has 102 valence electrons. The Bertz CT molecular complexity index is 766. The van der Waals surface area contributed by atoms with Crippen molar-refractivity contribution in [3.63, 3.8) is 0 Å². The Morgan fingerprint density at radius 1 is 1.30 bits per heavy atom. The van der Waals surface area contributed by atoms with Crippen LogP contribution in [0.5, 0.6) is 5.75 Å². The number of hydrogen-bond acceptors (Lipinski definition) is 5. The highest BCUT2D eigenvalue weighted by molar-refractivity contribution is 7.89. The molecule has 1 heterocycles. The quantitative estimate of drug-likeness (QED) is 0.878. The Morgan fingerprint density at radius 2 is 2.10 bits per heavy atom. The fraction of sp³-hybridized carbons (Fsp3) is 0.0769. The zero-order valence-electron chi connectivity index (χ0n) is 10.3. The van der Waals surface area contributed by atoms with E-state index in [4.69, 9.17) is 5.26 Å². The predicted molar refractivity (Wildman–Crippen MR) is 71.1 cm³/mol. The number of aromatic hydroxyl groups is 1. The maximum atomic E-state index is 12.1. The van der Waals surface area contributed by atoms with Crippen LogP contribution in [0.3, 0.4) is 0 Å². The minimum Gasteiger partial charge on any atom is -0.508 e. The third kappa shape index (κ3) is 3.12.